The second-order valence-corrected chi connectivity index (χ2v) is 10.3. The van der Waals surface area contributed by atoms with Crippen LogP contribution in [0.1, 0.15) is 150 Å². The summed E-state index contributed by atoms with van der Waals surface area (Å²) < 4.78 is 5.28. The van der Waals surface area contributed by atoms with Gasteiger partial charge in [-0.3, -0.25) is 0 Å². The Morgan fingerprint density at radius 3 is 1.61 bits per heavy atom. The van der Waals surface area contributed by atoms with E-state index in [1.807, 2.05) is 0 Å². The van der Waals surface area contributed by atoms with Crippen LogP contribution in [0, 0.1) is 11.8 Å². The molecule has 0 amide bonds. The molecule has 0 aliphatic carbocycles. The summed E-state index contributed by atoms with van der Waals surface area (Å²) in [6.45, 7) is 9.45. The number of esters is 1. The van der Waals surface area contributed by atoms with Gasteiger partial charge in [0.1, 0.15) is 0 Å². The number of aliphatic hydroxyl groups excluding tert-OH is 1. The summed E-state index contributed by atoms with van der Waals surface area (Å²) in [5.41, 5.74) is 0. The third-order valence-electron chi connectivity index (χ3n) is 6.44. The zero-order valence-corrected chi connectivity index (χ0v) is 21.6. The van der Waals surface area contributed by atoms with Crippen molar-refractivity contribution in [2.75, 3.05) is 6.61 Å². The number of hydrogen-bond donors (Lipinski definition) is 1. The molecule has 0 aromatic rings. The molecule has 31 heavy (non-hydrogen) atoms. The van der Waals surface area contributed by atoms with E-state index in [2.05, 4.69) is 27.7 Å². The lowest BCUT2D eigenvalue weighted by Crippen LogP contribution is -2.23. The number of ether oxygens (including phenoxy) is 1. The number of rotatable bonds is 23. The Balaban J connectivity index is 3.41. The number of carbonyl (C=O) groups is 1. The van der Waals surface area contributed by atoms with Gasteiger partial charge in [0.05, 0.1) is 6.61 Å². The molecule has 0 aromatic carbocycles. The van der Waals surface area contributed by atoms with Crippen LogP contribution in [-0.4, -0.2) is 23.8 Å². The fourth-order valence-electron chi connectivity index (χ4n) is 4.13. The molecule has 0 radical (unpaired) electrons. The van der Waals surface area contributed by atoms with Crippen molar-refractivity contribution in [3.8, 4) is 0 Å². The number of unbranched alkanes of at least 4 members (excludes halogenated alkanes) is 13. The molecule has 0 spiro atoms. The third-order valence-corrected chi connectivity index (χ3v) is 6.44. The predicted molar refractivity (Wildman–Crippen MR) is 134 cm³/mol. The smallest absolute Gasteiger partial charge is 0.334 e. The maximum Gasteiger partial charge on any atom is 0.334 e. The maximum atomic E-state index is 11.9. The molecule has 0 aliphatic heterocycles. The van der Waals surface area contributed by atoms with E-state index in [9.17, 15) is 9.90 Å². The molecule has 3 nitrogen and oxygen atoms in total. The lowest BCUT2D eigenvalue weighted by molar-refractivity contribution is -0.154. The summed E-state index contributed by atoms with van der Waals surface area (Å²) >= 11 is 0. The fraction of sp³-hybridized carbons (Fsp3) is 0.964. The van der Waals surface area contributed by atoms with E-state index in [4.69, 9.17) is 4.74 Å². The van der Waals surface area contributed by atoms with E-state index in [0.29, 0.717) is 18.9 Å². The van der Waals surface area contributed by atoms with Crippen LogP contribution < -0.4 is 0 Å². The van der Waals surface area contributed by atoms with Crippen LogP contribution in [0.4, 0.5) is 0 Å². The molecule has 1 N–H and O–H groups in total. The zero-order valence-electron chi connectivity index (χ0n) is 21.6. The first-order valence-electron chi connectivity index (χ1n) is 13.8. The second kappa shape index (κ2) is 22.6. The van der Waals surface area contributed by atoms with Gasteiger partial charge in [0.25, 0.3) is 0 Å². The van der Waals surface area contributed by atoms with Gasteiger partial charge in [0, 0.05) is 0 Å². The lowest BCUT2D eigenvalue weighted by Gasteiger charge is -2.14. The molecule has 2 atom stereocenters. The number of carbonyl (C=O) groups excluding carboxylic acids is 1. The molecular weight excluding hydrogens is 384 g/mol. The Labute approximate surface area is 195 Å². The van der Waals surface area contributed by atoms with Gasteiger partial charge in [-0.25, -0.2) is 4.79 Å². The fourth-order valence-corrected chi connectivity index (χ4v) is 4.13. The SMILES string of the molecule is CCCCCCCCCCCCCCCCC(O)C(=O)OCCC(C)CCCC(C)C. The molecule has 2 unspecified atom stereocenters. The van der Waals surface area contributed by atoms with Gasteiger partial charge in [0.2, 0.25) is 0 Å². The summed E-state index contributed by atoms with van der Waals surface area (Å²) in [5.74, 6) is 0.911. The molecular formula is C28H56O3. The van der Waals surface area contributed by atoms with Crippen LogP contribution in [0.5, 0.6) is 0 Å². The second-order valence-electron chi connectivity index (χ2n) is 10.3. The molecule has 186 valence electrons. The van der Waals surface area contributed by atoms with Crippen molar-refractivity contribution in [3.05, 3.63) is 0 Å². The molecule has 0 aromatic heterocycles. The van der Waals surface area contributed by atoms with Gasteiger partial charge in [-0.05, 0) is 24.7 Å². The van der Waals surface area contributed by atoms with E-state index in [0.717, 1.165) is 25.2 Å². The summed E-state index contributed by atoms with van der Waals surface area (Å²) in [4.78, 5) is 11.9. The van der Waals surface area contributed by atoms with E-state index in [1.165, 1.54) is 96.3 Å². The van der Waals surface area contributed by atoms with E-state index >= 15 is 0 Å². The highest BCUT2D eigenvalue weighted by molar-refractivity contribution is 5.74. The Kier molecular flexibility index (Phi) is 22.2. The van der Waals surface area contributed by atoms with Crippen molar-refractivity contribution in [2.45, 2.75) is 156 Å². The Morgan fingerprint density at radius 2 is 1.13 bits per heavy atom. The Bertz CT molecular complexity index is 380. The zero-order chi connectivity index (χ0) is 23.2. The van der Waals surface area contributed by atoms with E-state index < -0.39 is 12.1 Å². The molecule has 0 heterocycles. The molecule has 0 fully saturated rings. The molecule has 3 heteroatoms. The highest BCUT2D eigenvalue weighted by Gasteiger charge is 2.16. The van der Waals surface area contributed by atoms with Gasteiger partial charge in [-0.15, -0.1) is 0 Å². The van der Waals surface area contributed by atoms with Crippen molar-refractivity contribution in [2.24, 2.45) is 11.8 Å². The largest absolute Gasteiger partial charge is 0.464 e. The van der Waals surface area contributed by atoms with Crippen LogP contribution in [0.15, 0.2) is 0 Å². The third kappa shape index (κ3) is 22.4. The molecule has 0 bridgehead atoms. The Hall–Kier alpha value is -0.570. The lowest BCUT2D eigenvalue weighted by atomic mass is 9.98. The number of aliphatic hydroxyl groups is 1. The molecule has 0 saturated heterocycles. The summed E-state index contributed by atoms with van der Waals surface area (Å²) in [7, 11) is 0. The van der Waals surface area contributed by atoms with Crippen LogP contribution >= 0.6 is 0 Å². The minimum absolute atomic E-state index is 0.427. The van der Waals surface area contributed by atoms with Crippen molar-refractivity contribution in [1.29, 1.82) is 0 Å². The first-order valence-corrected chi connectivity index (χ1v) is 13.8. The molecule has 0 rings (SSSR count). The quantitative estimate of drug-likeness (QED) is 0.128. The average molecular weight is 441 g/mol. The van der Waals surface area contributed by atoms with Gasteiger partial charge >= 0.3 is 5.97 Å². The minimum atomic E-state index is -0.937. The normalized spacial score (nSPS) is 13.5. The van der Waals surface area contributed by atoms with Crippen LogP contribution in [0.2, 0.25) is 0 Å². The van der Waals surface area contributed by atoms with Gasteiger partial charge in [-0.1, -0.05) is 137 Å². The van der Waals surface area contributed by atoms with Crippen LogP contribution in [-0.2, 0) is 9.53 Å². The van der Waals surface area contributed by atoms with Gasteiger partial charge in [0.15, 0.2) is 6.10 Å². The maximum absolute atomic E-state index is 11.9. The van der Waals surface area contributed by atoms with Crippen molar-refractivity contribution in [3.63, 3.8) is 0 Å². The van der Waals surface area contributed by atoms with Crippen molar-refractivity contribution in [1.82, 2.24) is 0 Å². The topological polar surface area (TPSA) is 46.5 Å². The van der Waals surface area contributed by atoms with Crippen molar-refractivity contribution >= 4 is 5.97 Å². The monoisotopic (exact) mass is 440 g/mol. The first-order chi connectivity index (χ1) is 15.0. The van der Waals surface area contributed by atoms with Gasteiger partial charge in [-0.2, -0.15) is 0 Å². The predicted octanol–water partition coefficient (Wildman–Crippen LogP) is 8.61. The summed E-state index contributed by atoms with van der Waals surface area (Å²) in [5, 5.41) is 10.0. The van der Waals surface area contributed by atoms with Crippen LogP contribution in [0.3, 0.4) is 0 Å². The highest BCUT2D eigenvalue weighted by Crippen LogP contribution is 2.16. The van der Waals surface area contributed by atoms with E-state index in [-0.39, 0.29) is 0 Å². The van der Waals surface area contributed by atoms with E-state index in [1.54, 1.807) is 0 Å². The number of hydrogen-bond acceptors (Lipinski definition) is 3. The Morgan fingerprint density at radius 1 is 0.645 bits per heavy atom. The highest BCUT2D eigenvalue weighted by atomic mass is 16.5. The molecule has 0 aliphatic rings. The van der Waals surface area contributed by atoms with Crippen molar-refractivity contribution < 1.29 is 14.6 Å². The average Bonchev–Trinajstić information content (AvgIpc) is 2.73. The van der Waals surface area contributed by atoms with Gasteiger partial charge < -0.3 is 9.84 Å². The summed E-state index contributed by atoms with van der Waals surface area (Å²) in [6.07, 6.45) is 22.6. The summed E-state index contributed by atoms with van der Waals surface area (Å²) in [6, 6.07) is 0. The molecule has 0 saturated carbocycles. The minimum Gasteiger partial charge on any atom is -0.464 e. The standard InChI is InChI=1S/C28H56O3/c1-5-6-7-8-9-10-11-12-13-14-15-16-17-18-22-27(29)28(30)31-24-23-26(4)21-19-20-25(2)3/h25-27,29H,5-24H2,1-4H3. The first kappa shape index (κ1) is 30.4. The van der Waals surface area contributed by atoms with Crippen LogP contribution in [0.25, 0.3) is 0 Å².